The Labute approximate surface area is 106 Å². The first-order valence-corrected chi connectivity index (χ1v) is 5.98. The van der Waals surface area contributed by atoms with Crippen molar-refractivity contribution < 1.29 is 14.3 Å². The van der Waals surface area contributed by atoms with E-state index in [2.05, 4.69) is 10.6 Å². The molecule has 0 aromatic heterocycles. The highest BCUT2D eigenvalue weighted by atomic mass is 16.5. The summed E-state index contributed by atoms with van der Waals surface area (Å²) in [6, 6.07) is 7.48. The van der Waals surface area contributed by atoms with E-state index in [-0.39, 0.29) is 18.5 Å². The highest BCUT2D eigenvalue weighted by Gasteiger charge is 2.26. The van der Waals surface area contributed by atoms with Crippen LogP contribution in [0.1, 0.15) is 12.5 Å². The summed E-state index contributed by atoms with van der Waals surface area (Å²) < 4.78 is 4.74. The Morgan fingerprint density at radius 1 is 1.44 bits per heavy atom. The lowest BCUT2D eigenvalue weighted by Gasteiger charge is -2.11. The van der Waals surface area contributed by atoms with Crippen LogP contribution in [0.25, 0.3) is 0 Å². The van der Waals surface area contributed by atoms with Gasteiger partial charge in [-0.05, 0) is 18.6 Å². The number of carbonyl (C=O) groups is 2. The van der Waals surface area contributed by atoms with Crippen molar-refractivity contribution in [2.75, 3.05) is 18.5 Å². The molecule has 0 fully saturated rings. The molecular formula is C13H16N2O3. The molecule has 1 aromatic carbocycles. The van der Waals surface area contributed by atoms with Crippen LogP contribution in [0.15, 0.2) is 24.3 Å². The number of amides is 1. The smallest absolute Gasteiger partial charge is 0.325 e. The van der Waals surface area contributed by atoms with Gasteiger partial charge in [-0.3, -0.25) is 9.59 Å². The molecule has 96 valence electrons. The lowest BCUT2D eigenvalue weighted by atomic mass is 10.1. The summed E-state index contributed by atoms with van der Waals surface area (Å²) in [6.45, 7) is 1.97. The van der Waals surface area contributed by atoms with Crippen LogP contribution >= 0.6 is 0 Å². The third kappa shape index (κ3) is 2.80. The van der Waals surface area contributed by atoms with Crippen LogP contribution in [-0.2, 0) is 20.7 Å². The van der Waals surface area contributed by atoms with Crippen LogP contribution in [0.5, 0.6) is 0 Å². The number of hydrogen-bond donors (Lipinski definition) is 2. The number of esters is 1. The van der Waals surface area contributed by atoms with Gasteiger partial charge in [0.1, 0.15) is 12.6 Å². The van der Waals surface area contributed by atoms with E-state index in [9.17, 15) is 9.59 Å². The molecule has 1 heterocycles. The molecule has 18 heavy (non-hydrogen) atoms. The summed E-state index contributed by atoms with van der Waals surface area (Å²) in [4.78, 5) is 23.0. The van der Waals surface area contributed by atoms with Crippen molar-refractivity contribution in [2.45, 2.75) is 19.4 Å². The van der Waals surface area contributed by atoms with E-state index in [1.54, 1.807) is 6.92 Å². The molecule has 2 rings (SSSR count). The molecular weight excluding hydrogens is 232 g/mol. The predicted octanol–water partition coefficient (Wildman–Crippen LogP) is 0.702. The maximum Gasteiger partial charge on any atom is 0.325 e. The van der Waals surface area contributed by atoms with Gasteiger partial charge in [0, 0.05) is 12.1 Å². The largest absolute Gasteiger partial charge is 0.465 e. The molecule has 0 saturated carbocycles. The van der Waals surface area contributed by atoms with Crippen molar-refractivity contribution in [3.05, 3.63) is 29.8 Å². The molecule has 0 spiro atoms. The van der Waals surface area contributed by atoms with Crippen molar-refractivity contribution in [2.24, 2.45) is 0 Å². The highest BCUT2D eigenvalue weighted by Crippen LogP contribution is 2.24. The van der Waals surface area contributed by atoms with Gasteiger partial charge in [0.15, 0.2) is 0 Å². The molecule has 0 radical (unpaired) electrons. The second-order valence-electron chi connectivity index (χ2n) is 4.08. The summed E-state index contributed by atoms with van der Waals surface area (Å²) in [6.07, 6.45) is 0.644. The number of para-hydroxylation sites is 1. The van der Waals surface area contributed by atoms with E-state index in [1.165, 1.54) is 0 Å². The number of nitrogens with one attached hydrogen (secondary N) is 2. The Balaban J connectivity index is 1.84. The fourth-order valence-corrected chi connectivity index (χ4v) is 1.95. The predicted molar refractivity (Wildman–Crippen MR) is 67.2 cm³/mol. The first-order chi connectivity index (χ1) is 8.70. The quantitative estimate of drug-likeness (QED) is 0.770. The van der Waals surface area contributed by atoms with E-state index in [1.807, 2.05) is 24.3 Å². The zero-order valence-electron chi connectivity index (χ0n) is 10.2. The van der Waals surface area contributed by atoms with Crippen molar-refractivity contribution in [3.63, 3.8) is 0 Å². The van der Waals surface area contributed by atoms with Crippen LogP contribution in [0.4, 0.5) is 5.69 Å². The van der Waals surface area contributed by atoms with Gasteiger partial charge in [-0.15, -0.1) is 0 Å². The Bertz CT molecular complexity index is 434. The molecule has 0 bridgehead atoms. The molecule has 1 aromatic rings. The van der Waals surface area contributed by atoms with Crippen LogP contribution in [0, 0.1) is 0 Å². The van der Waals surface area contributed by atoms with Gasteiger partial charge < -0.3 is 15.4 Å². The van der Waals surface area contributed by atoms with E-state index in [4.69, 9.17) is 4.74 Å². The molecule has 0 aliphatic carbocycles. The van der Waals surface area contributed by atoms with Gasteiger partial charge in [-0.2, -0.15) is 0 Å². The van der Waals surface area contributed by atoms with Crippen LogP contribution < -0.4 is 10.6 Å². The first kappa shape index (κ1) is 12.4. The summed E-state index contributed by atoms with van der Waals surface area (Å²) >= 11 is 0. The van der Waals surface area contributed by atoms with Crippen LogP contribution in [0.2, 0.25) is 0 Å². The Kier molecular flexibility index (Phi) is 3.82. The third-order valence-electron chi connectivity index (χ3n) is 2.80. The minimum atomic E-state index is -0.415. The van der Waals surface area contributed by atoms with Crippen LogP contribution in [0.3, 0.4) is 0 Å². The lowest BCUT2D eigenvalue weighted by Crippen LogP contribution is -2.41. The second kappa shape index (κ2) is 5.53. The van der Waals surface area contributed by atoms with Crippen molar-refractivity contribution >= 4 is 17.6 Å². The lowest BCUT2D eigenvalue weighted by molar-refractivity contribution is -0.143. The minimum absolute atomic E-state index is 0.0821. The van der Waals surface area contributed by atoms with Crippen molar-refractivity contribution in [1.29, 1.82) is 0 Å². The molecule has 0 saturated heterocycles. The average molecular weight is 248 g/mol. The summed E-state index contributed by atoms with van der Waals surface area (Å²) in [5.41, 5.74) is 2.10. The topological polar surface area (TPSA) is 67.4 Å². The number of fused-ring (bicyclic) bond motifs is 1. The van der Waals surface area contributed by atoms with Gasteiger partial charge in [0.25, 0.3) is 0 Å². The SMILES string of the molecule is CCOC(=O)CNC(=O)C1Cc2ccccc2N1. The number of carbonyl (C=O) groups excluding carboxylic acids is 2. The van der Waals surface area contributed by atoms with Crippen molar-refractivity contribution in [3.8, 4) is 0 Å². The van der Waals surface area contributed by atoms with E-state index >= 15 is 0 Å². The summed E-state index contributed by atoms with van der Waals surface area (Å²) in [7, 11) is 0. The minimum Gasteiger partial charge on any atom is -0.465 e. The molecule has 5 heteroatoms. The first-order valence-electron chi connectivity index (χ1n) is 5.98. The Morgan fingerprint density at radius 3 is 2.94 bits per heavy atom. The maximum absolute atomic E-state index is 11.8. The van der Waals surface area contributed by atoms with E-state index < -0.39 is 5.97 Å². The summed E-state index contributed by atoms with van der Waals surface area (Å²) in [5.74, 6) is -0.597. The number of ether oxygens (including phenoxy) is 1. The molecule has 1 atom stereocenters. The third-order valence-corrected chi connectivity index (χ3v) is 2.80. The zero-order chi connectivity index (χ0) is 13.0. The van der Waals surface area contributed by atoms with Gasteiger partial charge in [0.05, 0.1) is 6.61 Å². The van der Waals surface area contributed by atoms with Gasteiger partial charge in [-0.25, -0.2) is 0 Å². The van der Waals surface area contributed by atoms with Gasteiger partial charge in [-0.1, -0.05) is 18.2 Å². The molecule has 1 aliphatic heterocycles. The molecule has 1 unspecified atom stereocenters. The highest BCUT2D eigenvalue weighted by molar-refractivity contribution is 5.89. The number of anilines is 1. The van der Waals surface area contributed by atoms with E-state index in [0.717, 1.165) is 11.3 Å². The fraction of sp³-hybridized carbons (Fsp3) is 0.385. The van der Waals surface area contributed by atoms with Gasteiger partial charge in [0.2, 0.25) is 5.91 Å². The number of rotatable bonds is 4. The summed E-state index contributed by atoms with van der Waals surface area (Å²) in [5, 5.41) is 5.69. The maximum atomic E-state index is 11.8. The molecule has 5 nitrogen and oxygen atoms in total. The number of benzene rings is 1. The second-order valence-corrected chi connectivity index (χ2v) is 4.08. The normalized spacial score (nSPS) is 16.6. The standard InChI is InChI=1S/C13H16N2O3/c1-2-18-12(16)8-14-13(17)11-7-9-5-3-4-6-10(9)15-11/h3-6,11,15H,2,7-8H2,1H3,(H,14,17). The number of hydrogen-bond acceptors (Lipinski definition) is 4. The Morgan fingerprint density at radius 2 is 2.22 bits per heavy atom. The van der Waals surface area contributed by atoms with Crippen LogP contribution in [-0.4, -0.2) is 31.1 Å². The van der Waals surface area contributed by atoms with Gasteiger partial charge >= 0.3 is 5.97 Å². The average Bonchev–Trinajstić information content (AvgIpc) is 2.80. The molecule has 1 aliphatic rings. The fourth-order valence-electron chi connectivity index (χ4n) is 1.95. The molecule has 1 amide bonds. The monoisotopic (exact) mass is 248 g/mol. The zero-order valence-corrected chi connectivity index (χ0v) is 10.2. The van der Waals surface area contributed by atoms with Crippen molar-refractivity contribution in [1.82, 2.24) is 5.32 Å². The molecule has 2 N–H and O–H groups in total. The Hall–Kier alpha value is -2.04. The van der Waals surface area contributed by atoms with E-state index in [0.29, 0.717) is 13.0 Å².